The van der Waals surface area contributed by atoms with Gasteiger partial charge < -0.3 is 5.32 Å². The van der Waals surface area contributed by atoms with Crippen molar-refractivity contribution in [2.45, 2.75) is 31.8 Å². The summed E-state index contributed by atoms with van der Waals surface area (Å²) in [5, 5.41) is 4.55. The van der Waals surface area contributed by atoms with Crippen molar-refractivity contribution in [2.75, 3.05) is 11.5 Å². The molecule has 0 radical (unpaired) electrons. The van der Waals surface area contributed by atoms with Crippen molar-refractivity contribution in [3.8, 4) is 0 Å². The molecule has 0 bridgehead atoms. The fourth-order valence-electron chi connectivity index (χ4n) is 2.10. The second-order valence-corrected chi connectivity index (χ2v) is 5.83. The molecule has 2 unspecified atom stereocenters. The predicted octanol–water partition coefficient (Wildman–Crippen LogP) is 3.89. The molecule has 0 aliphatic carbocycles. The summed E-state index contributed by atoms with van der Waals surface area (Å²) in [5.41, 5.74) is 1.35. The third kappa shape index (κ3) is 3.16. The fourth-order valence-corrected chi connectivity index (χ4v) is 3.39. The van der Waals surface area contributed by atoms with E-state index in [1.807, 2.05) is 23.9 Å². The number of hydrogen-bond acceptors (Lipinski definition) is 2. The van der Waals surface area contributed by atoms with E-state index in [2.05, 4.69) is 24.4 Å². The number of benzene rings is 1. The van der Waals surface area contributed by atoms with Crippen LogP contribution >= 0.6 is 23.4 Å². The molecular formula is C13H18ClNS. The van der Waals surface area contributed by atoms with Gasteiger partial charge in [-0.05, 0) is 36.3 Å². The molecular weight excluding hydrogens is 238 g/mol. The Hall–Kier alpha value is -0.180. The summed E-state index contributed by atoms with van der Waals surface area (Å²) in [6.07, 6.45) is 2.43. The van der Waals surface area contributed by atoms with Gasteiger partial charge >= 0.3 is 0 Å². The molecule has 88 valence electrons. The molecule has 1 nitrogen and oxygen atoms in total. The highest BCUT2D eigenvalue weighted by molar-refractivity contribution is 7.99. The molecule has 1 aliphatic heterocycles. The Morgan fingerprint density at radius 3 is 2.75 bits per heavy atom. The minimum absolute atomic E-state index is 0.473. The van der Waals surface area contributed by atoms with Crippen LogP contribution in [-0.4, -0.2) is 17.5 Å². The molecule has 0 amide bonds. The molecule has 1 heterocycles. The zero-order chi connectivity index (χ0) is 11.4. The van der Waals surface area contributed by atoms with E-state index in [0.29, 0.717) is 12.1 Å². The summed E-state index contributed by atoms with van der Waals surface area (Å²) in [7, 11) is 0. The second kappa shape index (κ2) is 5.95. The molecule has 1 saturated heterocycles. The van der Waals surface area contributed by atoms with Crippen LogP contribution in [0.4, 0.5) is 0 Å². The van der Waals surface area contributed by atoms with Crippen LogP contribution in [0.1, 0.15) is 31.4 Å². The summed E-state index contributed by atoms with van der Waals surface area (Å²) in [6, 6.07) is 9.37. The van der Waals surface area contributed by atoms with E-state index in [4.69, 9.17) is 11.6 Å². The number of thioether (sulfide) groups is 1. The van der Waals surface area contributed by atoms with Gasteiger partial charge in [-0.2, -0.15) is 11.8 Å². The molecule has 0 spiro atoms. The van der Waals surface area contributed by atoms with Gasteiger partial charge in [0.15, 0.2) is 0 Å². The van der Waals surface area contributed by atoms with Crippen LogP contribution in [0.2, 0.25) is 5.02 Å². The van der Waals surface area contributed by atoms with Gasteiger partial charge in [-0.1, -0.05) is 30.7 Å². The highest BCUT2D eigenvalue weighted by atomic mass is 35.5. The Kier molecular flexibility index (Phi) is 4.56. The fraction of sp³-hybridized carbons (Fsp3) is 0.538. The van der Waals surface area contributed by atoms with Gasteiger partial charge in [0.25, 0.3) is 0 Å². The Labute approximate surface area is 107 Å². The summed E-state index contributed by atoms with van der Waals surface area (Å²) < 4.78 is 0. The zero-order valence-electron chi connectivity index (χ0n) is 9.58. The van der Waals surface area contributed by atoms with Crippen LogP contribution in [0.3, 0.4) is 0 Å². The van der Waals surface area contributed by atoms with Crippen molar-refractivity contribution in [3.05, 3.63) is 34.9 Å². The molecule has 1 fully saturated rings. The minimum Gasteiger partial charge on any atom is -0.306 e. The van der Waals surface area contributed by atoms with E-state index >= 15 is 0 Å². The molecule has 1 N–H and O–H groups in total. The van der Waals surface area contributed by atoms with Crippen LogP contribution < -0.4 is 5.32 Å². The average Bonchev–Trinajstić information content (AvgIpc) is 2.80. The highest BCUT2D eigenvalue weighted by Gasteiger charge is 2.19. The molecule has 3 heteroatoms. The monoisotopic (exact) mass is 255 g/mol. The Morgan fingerprint density at radius 2 is 2.19 bits per heavy atom. The Bertz CT molecular complexity index is 319. The maximum Gasteiger partial charge on any atom is 0.0406 e. The van der Waals surface area contributed by atoms with Crippen LogP contribution in [0, 0.1) is 0 Å². The van der Waals surface area contributed by atoms with Gasteiger partial charge in [0.05, 0.1) is 0 Å². The normalized spacial score (nSPS) is 22.2. The number of rotatable bonds is 4. The quantitative estimate of drug-likeness (QED) is 0.876. The lowest BCUT2D eigenvalue weighted by Crippen LogP contribution is -2.32. The third-order valence-electron chi connectivity index (χ3n) is 3.05. The summed E-state index contributed by atoms with van der Waals surface area (Å²) >= 11 is 7.95. The lowest BCUT2D eigenvalue weighted by Gasteiger charge is -2.21. The maximum atomic E-state index is 5.91. The first-order valence-corrected chi connectivity index (χ1v) is 7.42. The van der Waals surface area contributed by atoms with Crippen LogP contribution in [0.15, 0.2) is 24.3 Å². The van der Waals surface area contributed by atoms with Crippen molar-refractivity contribution in [1.82, 2.24) is 5.32 Å². The molecule has 1 aliphatic rings. The minimum atomic E-state index is 0.473. The van der Waals surface area contributed by atoms with Crippen molar-refractivity contribution in [1.29, 1.82) is 0 Å². The highest BCUT2D eigenvalue weighted by Crippen LogP contribution is 2.24. The van der Waals surface area contributed by atoms with Crippen molar-refractivity contribution >= 4 is 23.4 Å². The van der Waals surface area contributed by atoms with E-state index in [1.54, 1.807) is 0 Å². The van der Waals surface area contributed by atoms with Crippen LogP contribution in [0.5, 0.6) is 0 Å². The largest absolute Gasteiger partial charge is 0.306 e. The standard InChI is InChI=1S/C13H18ClNS/c1-2-13(15-12-7-8-16-9-12)10-3-5-11(14)6-4-10/h3-6,12-13,15H,2,7-9H2,1H3. The lowest BCUT2D eigenvalue weighted by molar-refractivity contribution is 0.451. The molecule has 16 heavy (non-hydrogen) atoms. The van der Waals surface area contributed by atoms with E-state index < -0.39 is 0 Å². The maximum absolute atomic E-state index is 5.91. The van der Waals surface area contributed by atoms with Crippen molar-refractivity contribution in [3.63, 3.8) is 0 Å². The SMILES string of the molecule is CCC(NC1CCSC1)c1ccc(Cl)cc1. The van der Waals surface area contributed by atoms with Gasteiger partial charge in [-0.3, -0.25) is 0 Å². The van der Waals surface area contributed by atoms with Crippen molar-refractivity contribution < 1.29 is 0 Å². The van der Waals surface area contributed by atoms with Gasteiger partial charge in [-0.25, -0.2) is 0 Å². The van der Waals surface area contributed by atoms with Crippen molar-refractivity contribution in [2.24, 2.45) is 0 Å². The molecule has 0 saturated carbocycles. The van der Waals surface area contributed by atoms with Gasteiger partial charge in [0.2, 0.25) is 0 Å². The van der Waals surface area contributed by atoms with Gasteiger partial charge in [-0.15, -0.1) is 0 Å². The molecule has 0 aromatic heterocycles. The lowest BCUT2D eigenvalue weighted by atomic mass is 10.0. The van der Waals surface area contributed by atoms with Gasteiger partial charge in [0.1, 0.15) is 0 Å². The first-order chi connectivity index (χ1) is 7.79. The second-order valence-electron chi connectivity index (χ2n) is 4.24. The third-order valence-corrected chi connectivity index (χ3v) is 4.46. The number of halogens is 1. The Balaban J connectivity index is 2.00. The number of hydrogen-bond donors (Lipinski definition) is 1. The molecule has 1 aromatic rings. The topological polar surface area (TPSA) is 12.0 Å². The molecule has 2 rings (SSSR count). The smallest absolute Gasteiger partial charge is 0.0406 e. The van der Waals surface area contributed by atoms with Gasteiger partial charge in [0, 0.05) is 22.9 Å². The number of nitrogens with one attached hydrogen (secondary N) is 1. The zero-order valence-corrected chi connectivity index (χ0v) is 11.2. The van der Waals surface area contributed by atoms with Crippen LogP contribution in [0.25, 0.3) is 0 Å². The van der Waals surface area contributed by atoms with E-state index in [-0.39, 0.29) is 0 Å². The van der Waals surface area contributed by atoms with E-state index in [0.717, 1.165) is 11.4 Å². The molecule has 2 atom stereocenters. The summed E-state index contributed by atoms with van der Waals surface area (Å²) in [6.45, 7) is 2.23. The van der Waals surface area contributed by atoms with E-state index in [9.17, 15) is 0 Å². The van der Waals surface area contributed by atoms with Crippen LogP contribution in [-0.2, 0) is 0 Å². The Morgan fingerprint density at radius 1 is 1.44 bits per heavy atom. The van der Waals surface area contributed by atoms with E-state index in [1.165, 1.54) is 23.5 Å². The summed E-state index contributed by atoms with van der Waals surface area (Å²) in [5.74, 6) is 2.55. The predicted molar refractivity (Wildman–Crippen MR) is 73.3 cm³/mol. The average molecular weight is 256 g/mol. The first-order valence-electron chi connectivity index (χ1n) is 5.89. The first kappa shape index (κ1) is 12.3. The summed E-state index contributed by atoms with van der Waals surface area (Å²) in [4.78, 5) is 0. The molecule has 1 aromatic carbocycles.